The van der Waals surface area contributed by atoms with Crippen LogP contribution in [-0.2, 0) is 4.79 Å². The fraction of sp³-hybridized carbons (Fsp3) is 0.385. The molecule has 2 atom stereocenters. The van der Waals surface area contributed by atoms with E-state index in [1.807, 2.05) is 0 Å². The Morgan fingerprint density at radius 2 is 2.24 bits per heavy atom. The summed E-state index contributed by atoms with van der Waals surface area (Å²) in [6.45, 7) is 2.13. The van der Waals surface area contributed by atoms with Crippen molar-refractivity contribution in [3.8, 4) is 0 Å². The van der Waals surface area contributed by atoms with Gasteiger partial charge in [-0.2, -0.15) is 0 Å². The number of aromatic nitrogens is 2. The van der Waals surface area contributed by atoms with E-state index in [0.717, 1.165) is 0 Å². The van der Waals surface area contributed by atoms with Gasteiger partial charge in [0.1, 0.15) is 11.6 Å². The number of carboxylic acids is 1. The van der Waals surface area contributed by atoms with Crippen LogP contribution in [0, 0.1) is 5.92 Å². The molecule has 1 amide bonds. The van der Waals surface area contributed by atoms with Gasteiger partial charge in [-0.25, -0.2) is 9.78 Å². The third-order valence-corrected chi connectivity index (χ3v) is 4.56. The van der Waals surface area contributed by atoms with Gasteiger partial charge in [0.05, 0.1) is 0 Å². The average molecular weight is 307 g/mol. The van der Waals surface area contributed by atoms with E-state index in [0.29, 0.717) is 17.9 Å². The van der Waals surface area contributed by atoms with Crippen LogP contribution in [0.3, 0.4) is 0 Å². The van der Waals surface area contributed by atoms with E-state index in [4.69, 9.17) is 0 Å². The average Bonchev–Trinajstić information content (AvgIpc) is 3.05. The van der Waals surface area contributed by atoms with E-state index in [1.54, 1.807) is 18.5 Å². The third kappa shape index (κ3) is 2.11. The fourth-order valence-corrected chi connectivity index (χ4v) is 3.35. The molecule has 0 aromatic carbocycles. The van der Waals surface area contributed by atoms with E-state index in [1.165, 1.54) is 26.8 Å². The second-order valence-electron chi connectivity index (χ2n) is 5.08. The molecule has 110 valence electrons. The minimum Gasteiger partial charge on any atom is -0.480 e. The molecule has 3 rings (SSSR count). The van der Waals surface area contributed by atoms with Crippen molar-refractivity contribution in [2.75, 3.05) is 6.54 Å². The van der Waals surface area contributed by atoms with Crippen molar-refractivity contribution in [2.45, 2.75) is 19.4 Å². The molecule has 0 spiro atoms. The Morgan fingerprint density at radius 3 is 2.95 bits per heavy atom. The number of carbonyl (C=O) groups is 2. The zero-order valence-electron chi connectivity index (χ0n) is 11.2. The summed E-state index contributed by atoms with van der Waals surface area (Å²) in [6.07, 6.45) is 3.39. The van der Waals surface area contributed by atoms with E-state index in [-0.39, 0.29) is 11.5 Å². The molecule has 1 fully saturated rings. The molecule has 1 saturated heterocycles. The lowest BCUT2D eigenvalue weighted by atomic mass is 10.0. The molecular formula is C13H13N3O4S. The largest absolute Gasteiger partial charge is 0.480 e. The number of carbonyl (C=O) groups excluding carboxylic acids is 1. The quantitative estimate of drug-likeness (QED) is 0.881. The maximum atomic E-state index is 12.5. The number of carboxylic acid groups (broad SMARTS) is 1. The van der Waals surface area contributed by atoms with Crippen molar-refractivity contribution in [3.05, 3.63) is 33.7 Å². The van der Waals surface area contributed by atoms with Crippen LogP contribution in [0.4, 0.5) is 0 Å². The maximum Gasteiger partial charge on any atom is 0.326 e. The molecule has 21 heavy (non-hydrogen) atoms. The predicted octanol–water partition coefficient (Wildman–Crippen LogP) is 0.691. The third-order valence-electron chi connectivity index (χ3n) is 3.79. The summed E-state index contributed by atoms with van der Waals surface area (Å²) in [5.74, 6) is -1.74. The number of aliphatic carboxylic acids is 1. The van der Waals surface area contributed by atoms with Crippen LogP contribution in [0.25, 0.3) is 4.96 Å². The second-order valence-corrected chi connectivity index (χ2v) is 5.95. The van der Waals surface area contributed by atoms with Gasteiger partial charge in [-0.05, 0) is 12.3 Å². The van der Waals surface area contributed by atoms with Gasteiger partial charge < -0.3 is 10.0 Å². The van der Waals surface area contributed by atoms with Gasteiger partial charge >= 0.3 is 5.97 Å². The first kappa shape index (κ1) is 13.7. The molecule has 0 aliphatic carbocycles. The first-order valence-electron chi connectivity index (χ1n) is 6.49. The van der Waals surface area contributed by atoms with Crippen LogP contribution in [0.15, 0.2) is 22.6 Å². The number of hydrogen-bond donors (Lipinski definition) is 1. The first-order chi connectivity index (χ1) is 10.0. The molecule has 0 radical (unpaired) electrons. The van der Waals surface area contributed by atoms with Crippen molar-refractivity contribution in [3.63, 3.8) is 0 Å². The van der Waals surface area contributed by atoms with Gasteiger partial charge in [-0.15, -0.1) is 11.3 Å². The van der Waals surface area contributed by atoms with Crippen LogP contribution < -0.4 is 5.56 Å². The summed E-state index contributed by atoms with van der Waals surface area (Å²) in [4.78, 5) is 41.9. The van der Waals surface area contributed by atoms with Gasteiger partial charge in [0.15, 0.2) is 4.96 Å². The Balaban J connectivity index is 2.02. The molecule has 1 aliphatic heterocycles. The number of fused-ring (bicyclic) bond motifs is 1. The van der Waals surface area contributed by atoms with Crippen LogP contribution in [0.2, 0.25) is 0 Å². The van der Waals surface area contributed by atoms with Crippen molar-refractivity contribution < 1.29 is 14.7 Å². The topological polar surface area (TPSA) is 92.0 Å². The highest BCUT2D eigenvalue weighted by Crippen LogP contribution is 2.25. The van der Waals surface area contributed by atoms with E-state index in [2.05, 4.69) is 4.98 Å². The van der Waals surface area contributed by atoms with Crippen molar-refractivity contribution >= 4 is 28.2 Å². The Bertz CT molecular complexity index is 781. The van der Waals surface area contributed by atoms with E-state index < -0.39 is 23.5 Å². The van der Waals surface area contributed by atoms with Crippen molar-refractivity contribution in [1.29, 1.82) is 0 Å². The number of nitrogens with zero attached hydrogens (tertiary/aromatic N) is 3. The molecule has 0 bridgehead atoms. The Kier molecular flexibility index (Phi) is 3.25. The highest BCUT2D eigenvalue weighted by Gasteiger charge is 2.40. The summed E-state index contributed by atoms with van der Waals surface area (Å²) in [7, 11) is 0. The molecule has 3 heterocycles. The SMILES string of the molecule is CC1CCN(C(=O)c2cnc3sccn3c2=O)C1C(=O)O. The van der Waals surface area contributed by atoms with Gasteiger partial charge in [0, 0.05) is 24.3 Å². The zero-order valence-corrected chi connectivity index (χ0v) is 12.0. The maximum absolute atomic E-state index is 12.5. The van der Waals surface area contributed by atoms with Crippen LogP contribution in [0.1, 0.15) is 23.7 Å². The van der Waals surface area contributed by atoms with E-state index in [9.17, 15) is 19.5 Å². The van der Waals surface area contributed by atoms with Gasteiger partial charge in [0.2, 0.25) is 0 Å². The highest BCUT2D eigenvalue weighted by atomic mass is 32.1. The van der Waals surface area contributed by atoms with Crippen molar-refractivity contribution in [2.24, 2.45) is 5.92 Å². The normalized spacial score (nSPS) is 21.9. The number of amides is 1. The lowest BCUT2D eigenvalue weighted by Crippen LogP contribution is -2.44. The number of hydrogen-bond acceptors (Lipinski definition) is 5. The second kappa shape index (κ2) is 4.96. The molecule has 2 unspecified atom stereocenters. The molecule has 2 aromatic heterocycles. The lowest BCUT2D eigenvalue weighted by Gasteiger charge is -2.22. The summed E-state index contributed by atoms with van der Waals surface area (Å²) in [5.41, 5.74) is -0.554. The molecular weight excluding hydrogens is 294 g/mol. The fourth-order valence-electron chi connectivity index (χ4n) is 2.68. The summed E-state index contributed by atoms with van der Waals surface area (Å²) >= 11 is 1.29. The minimum absolute atomic E-state index is 0.0914. The molecule has 0 saturated carbocycles. The minimum atomic E-state index is -1.04. The highest BCUT2D eigenvalue weighted by molar-refractivity contribution is 7.15. The molecule has 2 aromatic rings. The smallest absolute Gasteiger partial charge is 0.326 e. The summed E-state index contributed by atoms with van der Waals surface area (Å²) < 4.78 is 1.30. The van der Waals surface area contributed by atoms with Gasteiger partial charge in [0.25, 0.3) is 11.5 Å². The zero-order chi connectivity index (χ0) is 15.1. The van der Waals surface area contributed by atoms with Crippen LogP contribution in [0.5, 0.6) is 0 Å². The van der Waals surface area contributed by atoms with E-state index >= 15 is 0 Å². The van der Waals surface area contributed by atoms with Crippen molar-refractivity contribution in [1.82, 2.24) is 14.3 Å². The number of rotatable bonds is 2. The Labute approximate surface area is 123 Å². The Morgan fingerprint density at radius 1 is 1.48 bits per heavy atom. The van der Waals surface area contributed by atoms with Gasteiger partial charge in [-0.3, -0.25) is 14.0 Å². The Hall–Kier alpha value is -2.22. The molecule has 1 aliphatic rings. The predicted molar refractivity (Wildman–Crippen MR) is 75.6 cm³/mol. The molecule has 1 N–H and O–H groups in total. The number of thiazole rings is 1. The molecule has 7 nitrogen and oxygen atoms in total. The number of likely N-dealkylation sites (tertiary alicyclic amines) is 1. The van der Waals surface area contributed by atoms with Crippen LogP contribution >= 0.6 is 11.3 Å². The van der Waals surface area contributed by atoms with Gasteiger partial charge in [-0.1, -0.05) is 6.92 Å². The van der Waals surface area contributed by atoms with Crippen LogP contribution in [-0.4, -0.2) is 43.9 Å². The lowest BCUT2D eigenvalue weighted by molar-refractivity contribution is -0.142. The standard InChI is InChI=1S/C13H13N3O4S/c1-7-2-3-15(9(7)12(19)20)10(17)8-6-14-13-16(11(8)18)4-5-21-13/h4-7,9H,2-3H2,1H3,(H,19,20). The molecule has 8 heteroatoms. The monoisotopic (exact) mass is 307 g/mol. The summed E-state index contributed by atoms with van der Waals surface area (Å²) in [6, 6.07) is -0.889. The summed E-state index contributed by atoms with van der Waals surface area (Å²) in [5, 5.41) is 11.0. The first-order valence-corrected chi connectivity index (χ1v) is 7.37.